The van der Waals surface area contributed by atoms with E-state index in [0.29, 0.717) is 18.2 Å². The van der Waals surface area contributed by atoms with Gasteiger partial charge in [0.2, 0.25) is 0 Å². The SMILES string of the molecule is Cn1cc(CNC2CCN(c3ccc(Br)cc3)C2)c(=O)n(C)c1=O. The number of hydrogen-bond acceptors (Lipinski definition) is 4. The molecular formula is C17H21BrN4O2. The molecule has 0 spiro atoms. The summed E-state index contributed by atoms with van der Waals surface area (Å²) in [7, 11) is 3.18. The number of anilines is 1. The van der Waals surface area contributed by atoms with E-state index in [1.165, 1.54) is 17.3 Å². The molecule has 128 valence electrons. The summed E-state index contributed by atoms with van der Waals surface area (Å²) in [5, 5.41) is 3.44. The maximum atomic E-state index is 12.2. The quantitative estimate of drug-likeness (QED) is 0.849. The second-order valence-corrected chi connectivity index (χ2v) is 7.12. The minimum atomic E-state index is -0.300. The summed E-state index contributed by atoms with van der Waals surface area (Å²) in [6.45, 7) is 2.37. The van der Waals surface area contributed by atoms with Gasteiger partial charge in [-0.25, -0.2) is 4.79 Å². The molecule has 1 N–H and O–H groups in total. The Bertz CT molecular complexity index is 841. The van der Waals surface area contributed by atoms with Crippen molar-refractivity contribution in [2.24, 2.45) is 14.1 Å². The molecule has 24 heavy (non-hydrogen) atoms. The summed E-state index contributed by atoms with van der Waals surface area (Å²) in [5.74, 6) is 0. The summed E-state index contributed by atoms with van der Waals surface area (Å²) < 4.78 is 3.67. The first-order chi connectivity index (χ1) is 11.5. The van der Waals surface area contributed by atoms with Gasteiger partial charge in [0.05, 0.1) is 0 Å². The molecule has 1 aromatic carbocycles. The van der Waals surface area contributed by atoms with E-state index >= 15 is 0 Å². The van der Waals surface area contributed by atoms with Gasteiger partial charge in [0, 0.05) is 61.7 Å². The average molecular weight is 393 g/mol. The number of nitrogens with one attached hydrogen (secondary N) is 1. The van der Waals surface area contributed by atoms with Crippen molar-refractivity contribution in [3.63, 3.8) is 0 Å². The highest BCUT2D eigenvalue weighted by molar-refractivity contribution is 9.10. The molecule has 0 bridgehead atoms. The minimum Gasteiger partial charge on any atom is -0.370 e. The lowest BCUT2D eigenvalue weighted by Crippen LogP contribution is -2.41. The van der Waals surface area contributed by atoms with Crippen LogP contribution in [0.1, 0.15) is 12.0 Å². The highest BCUT2D eigenvalue weighted by Gasteiger charge is 2.22. The highest BCUT2D eigenvalue weighted by atomic mass is 79.9. The topological polar surface area (TPSA) is 59.3 Å². The second kappa shape index (κ2) is 6.94. The monoisotopic (exact) mass is 392 g/mol. The Morgan fingerprint density at radius 2 is 1.92 bits per heavy atom. The van der Waals surface area contributed by atoms with Crippen LogP contribution in [0, 0.1) is 0 Å². The Hall–Kier alpha value is -1.86. The Morgan fingerprint density at radius 3 is 2.62 bits per heavy atom. The van der Waals surface area contributed by atoms with Crippen LogP contribution in [0.5, 0.6) is 0 Å². The minimum absolute atomic E-state index is 0.228. The van der Waals surface area contributed by atoms with Crippen molar-refractivity contribution in [2.75, 3.05) is 18.0 Å². The fourth-order valence-corrected chi connectivity index (χ4v) is 3.34. The van der Waals surface area contributed by atoms with Gasteiger partial charge in [0.25, 0.3) is 5.56 Å². The lowest BCUT2D eigenvalue weighted by molar-refractivity contribution is 0.540. The zero-order chi connectivity index (χ0) is 17.3. The van der Waals surface area contributed by atoms with Crippen molar-refractivity contribution in [1.82, 2.24) is 14.5 Å². The number of aryl methyl sites for hydroxylation is 1. The maximum Gasteiger partial charge on any atom is 0.330 e. The number of halogens is 1. The molecule has 2 heterocycles. The lowest BCUT2D eigenvalue weighted by Gasteiger charge is -2.19. The summed E-state index contributed by atoms with van der Waals surface area (Å²) in [4.78, 5) is 26.2. The summed E-state index contributed by atoms with van der Waals surface area (Å²) in [6.07, 6.45) is 2.65. The highest BCUT2D eigenvalue weighted by Crippen LogP contribution is 2.22. The zero-order valence-electron chi connectivity index (χ0n) is 13.8. The van der Waals surface area contributed by atoms with Crippen molar-refractivity contribution < 1.29 is 0 Å². The first-order valence-electron chi connectivity index (χ1n) is 7.95. The molecular weight excluding hydrogens is 372 g/mol. The van der Waals surface area contributed by atoms with Crippen LogP contribution in [-0.4, -0.2) is 28.3 Å². The lowest BCUT2D eigenvalue weighted by atomic mass is 10.2. The fourth-order valence-electron chi connectivity index (χ4n) is 3.07. The van der Waals surface area contributed by atoms with Crippen LogP contribution in [0.2, 0.25) is 0 Å². The Labute approximate surface area is 148 Å². The molecule has 2 aromatic rings. The van der Waals surface area contributed by atoms with Gasteiger partial charge in [-0.1, -0.05) is 15.9 Å². The van der Waals surface area contributed by atoms with E-state index in [2.05, 4.69) is 38.3 Å². The van der Waals surface area contributed by atoms with Crippen molar-refractivity contribution >= 4 is 21.6 Å². The molecule has 1 aliphatic heterocycles. The molecule has 1 atom stereocenters. The predicted molar refractivity (Wildman–Crippen MR) is 98.5 cm³/mol. The van der Waals surface area contributed by atoms with Gasteiger partial charge >= 0.3 is 5.69 Å². The number of benzene rings is 1. The van der Waals surface area contributed by atoms with Crippen LogP contribution in [0.4, 0.5) is 5.69 Å². The molecule has 1 aromatic heterocycles. The van der Waals surface area contributed by atoms with Crippen molar-refractivity contribution in [3.05, 3.63) is 61.3 Å². The average Bonchev–Trinajstić information content (AvgIpc) is 3.04. The smallest absolute Gasteiger partial charge is 0.330 e. The van der Waals surface area contributed by atoms with Gasteiger partial charge in [-0.2, -0.15) is 0 Å². The zero-order valence-corrected chi connectivity index (χ0v) is 15.4. The van der Waals surface area contributed by atoms with Crippen LogP contribution in [0.15, 0.2) is 44.5 Å². The van der Waals surface area contributed by atoms with Crippen LogP contribution >= 0.6 is 15.9 Å². The van der Waals surface area contributed by atoms with E-state index in [9.17, 15) is 9.59 Å². The van der Waals surface area contributed by atoms with Gasteiger partial charge in [-0.15, -0.1) is 0 Å². The molecule has 1 saturated heterocycles. The molecule has 0 aliphatic carbocycles. The van der Waals surface area contributed by atoms with Gasteiger partial charge < -0.3 is 14.8 Å². The van der Waals surface area contributed by atoms with Gasteiger partial charge in [-0.05, 0) is 30.7 Å². The first-order valence-corrected chi connectivity index (χ1v) is 8.74. The normalized spacial score (nSPS) is 17.5. The Morgan fingerprint density at radius 1 is 1.21 bits per heavy atom. The second-order valence-electron chi connectivity index (χ2n) is 6.20. The molecule has 0 amide bonds. The van der Waals surface area contributed by atoms with Crippen molar-refractivity contribution in [1.29, 1.82) is 0 Å². The maximum absolute atomic E-state index is 12.2. The molecule has 0 saturated carbocycles. The van der Waals surface area contributed by atoms with E-state index in [1.807, 2.05) is 12.1 Å². The molecule has 7 heteroatoms. The third-order valence-electron chi connectivity index (χ3n) is 4.48. The van der Waals surface area contributed by atoms with Crippen molar-refractivity contribution in [3.8, 4) is 0 Å². The van der Waals surface area contributed by atoms with E-state index in [4.69, 9.17) is 0 Å². The molecule has 1 fully saturated rings. The van der Waals surface area contributed by atoms with Gasteiger partial charge in [-0.3, -0.25) is 9.36 Å². The third-order valence-corrected chi connectivity index (χ3v) is 5.01. The predicted octanol–water partition coefficient (Wildman–Crippen LogP) is 1.22. The largest absolute Gasteiger partial charge is 0.370 e. The third kappa shape index (κ3) is 3.47. The molecule has 3 rings (SSSR count). The first kappa shape index (κ1) is 17.0. The van der Waals surface area contributed by atoms with Gasteiger partial charge in [0.15, 0.2) is 0 Å². The van der Waals surface area contributed by atoms with E-state index in [0.717, 1.165) is 28.6 Å². The van der Waals surface area contributed by atoms with Crippen LogP contribution in [-0.2, 0) is 20.6 Å². The van der Waals surface area contributed by atoms with Gasteiger partial charge in [0.1, 0.15) is 0 Å². The molecule has 1 aliphatic rings. The Kier molecular flexibility index (Phi) is 4.91. The molecule has 1 unspecified atom stereocenters. The number of nitrogens with zero attached hydrogens (tertiary/aromatic N) is 3. The molecule has 6 nitrogen and oxygen atoms in total. The standard InChI is InChI=1S/C17H21BrN4O2/c1-20-10-12(16(23)21(2)17(20)24)9-19-14-7-8-22(11-14)15-5-3-13(18)4-6-15/h3-6,10,14,19H,7-9,11H2,1-2H3. The number of hydrogen-bond donors (Lipinski definition) is 1. The summed E-state index contributed by atoms with van der Waals surface area (Å²) in [6, 6.07) is 8.63. The van der Waals surface area contributed by atoms with Crippen LogP contribution in [0.3, 0.4) is 0 Å². The van der Waals surface area contributed by atoms with E-state index in [-0.39, 0.29) is 11.2 Å². The molecule has 0 radical (unpaired) electrons. The summed E-state index contributed by atoms with van der Waals surface area (Å²) in [5.41, 5.74) is 1.29. The Balaban J connectivity index is 1.64. The number of aromatic nitrogens is 2. The van der Waals surface area contributed by atoms with E-state index in [1.54, 1.807) is 13.2 Å². The van der Waals surface area contributed by atoms with Crippen LogP contribution in [0.25, 0.3) is 0 Å². The van der Waals surface area contributed by atoms with Crippen molar-refractivity contribution in [2.45, 2.75) is 19.0 Å². The van der Waals surface area contributed by atoms with E-state index < -0.39 is 0 Å². The summed E-state index contributed by atoms with van der Waals surface area (Å²) >= 11 is 3.45. The fraction of sp³-hybridized carbons (Fsp3) is 0.412. The van der Waals surface area contributed by atoms with Crippen LogP contribution < -0.4 is 21.5 Å². The number of rotatable bonds is 4.